The number of methoxy groups -OCH3 is 1. The highest BCUT2D eigenvalue weighted by molar-refractivity contribution is 6.30. The van der Waals surface area contributed by atoms with Crippen molar-refractivity contribution >= 4 is 28.8 Å². The molecule has 6 heteroatoms. The Morgan fingerprint density at radius 1 is 0.914 bits per heavy atom. The maximum absolute atomic E-state index is 13.7. The van der Waals surface area contributed by atoms with Gasteiger partial charge in [-0.05, 0) is 73.7 Å². The monoisotopic (exact) mass is 488 g/mol. The van der Waals surface area contributed by atoms with E-state index in [9.17, 15) is 4.79 Å². The average molecular weight is 489 g/mol. The van der Waals surface area contributed by atoms with Crippen molar-refractivity contribution in [3.8, 4) is 11.5 Å². The average Bonchev–Trinajstić information content (AvgIpc) is 3.01. The number of benzene rings is 3. The van der Waals surface area contributed by atoms with Crippen LogP contribution < -0.4 is 20.1 Å². The molecule has 0 radical (unpaired) electrons. The lowest BCUT2D eigenvalue weighted by Gasteiger charge is -2.30. The third kappa shape index (κ3) is 4.73. The maximum Gasteiger partial charge on any atom is 0.163 e. The first-order valence-electron chi connectivity index (χ1n) is 11.9. The van der Waals surface area contributed by atoms with E-state index in [0.29, 0.717) is 29.4 Å². The molecule has 0 amide bonds. The van der Waals surface area contributed by atoms with Gasteiger partial charge in [-0.2, -0.15) is 0 Å². The number of ether oxygens (including phenoxy) is 2. The molecule has 2 unspecified atom stereocenters. The number of fused-ring (bicyclic) bond motifs is 1. The Bertz CT molecular complexity index is 1300. The Morgan fingerprint density at radius 2 is 1.71 bits per heavy atom. The second-order valence-corrected chi connectivity index (χ2v) is 9.74. The van der Waals surface area contributed by atoms with Crippen LogP contribution in [0, 0.1) is 0 Å². The molecule has 0 spiro atoms. The number of allylic oxidation sites excluding steroid dienone is 1. The van der Waals surface area contributed by atoms with Crippen molar-refractivity contribution in [2.24, 2.45) is 0 Å². The highest BCUT2D eigenvalue weighted by Gasteiger charge is 2.36. The predicted octanol–water partition coefficient (Wildman–Crippen LogP) is 7.12. The molecule has 5 nitrogen and oxygen atoms in total. The van der Waals surface area contributed by atoms with E-state index in [4.69, 9.17) is 21.1 Å². The van der Waals surface area contributed by atoms with Crippen molar-refractivity contribution in [1.29, 1.82) is 0 Å². The number of hydrogen-bond acceptors (Lipinski definition) is 5. The van der Waals surface area contributed by atoms with E-state index in [-0.39, 0.29) is 23.8 Å². The molecule has 1 aliphatic heterocycles. The lowest BCUT2D eigenvalue weighted by molar-refractivity contribution is -0.116. The third-order valence-corrected chi connectivity index (χ3v) is 6.75. The molecule has 0 saturated heterocycles. The molecule has 2 N–H and O–H groups in total. The summed E-state index contributed by atoms with van der Waals surface area (Å²) in [6, 6.07) is 21.4. The van der Waals surface area contributed by atoms with Crippen LogP contribution in [0.15, 0.2) is 78.0 Å². The van der Waals surface area contributed by atoms with Gasteiger partial charge in [0.25, 0.3) is 0 Å². The molecule has 3 aromatic rings. The van der Waals surface area contributed by atoms with Crippen LogP contribution in [0.4, 0.5) is 11.4 Å². The van der Waals surface area contributed by atoms with Gasteiger partial charge in [-0.15, -0.1) is 0 Å². The van der Waals surface area contributed by atoms with Crippen molar-refractivity contribution in [2.75, 3.05) is 17.7 Å². The SMILES string of the molecule is COc1cc(C2CC(=O)C3=C(C2)Nc2ccccc2NC3c2cccc(Cl)c2)ccc1OC(C)C. The van der Waals surface area contributed by atoms with Crippen molar-refractivity contribution in [1.82, 2.24) is 0 Å². The van der Waals surface area contributed by atoms with E-state index in [2.05, 4.69) is 10.6 Å². The van der Waals surface area contributed by atoms with E-state index in [0.717, 1.165) is 33.8 Å². The number of anilines is 2. The van der Waals surface area contributed by atoms with Gasteiger partial charge in [-0.25, -0.2) is 0 Å². The third-order valence-electron chi connectivity index (χ3n) is 6.51. The first-order chi connectivity index (χ1) is 16.9. The number of ketones is 1. The van der Waals surface area contributed by atoms with Gasteiger partial charge in [0.2, 0.25) is 0 Å². The second kappa shape index (κ2) is 9.67. The second-order valence-electron chi connectivity index (χ2n) is 9.30. The molecule has 2 atom stereocenters. The Balaban J connectivity index is 1.55. The summed E-state index contributed by atoms with van der Waals surface area (Å²) in [5, 5.41) is 7.82. The summed E-state index contributed by atoms with van der Waals surface area (Å²) in [7, 11) is 1.64. The summed E-state index contributed by atoms with van der Waals surface area (Å²) in [6.07, 6.45) is 1.18. The van der Waals surface area contributed by atoms with Gasteiger partial charge in [-0.3, -0.25) is 4.79 Å². The zero-order valence-electron chi connectivity index (χ0n) is 20.1. The van der Waals surface area contributed by atoms with Crippen LogP contribution in [0.2, 0.25) is 5.02 Å². The summed E-state index contributed by atoms with van der Waals surface area (Å²) in [4.78, 5) is 13.7. The largest absolute Gasteiger partial charge is 0.493 e. The van der Waals surface area contributed by atoms with Crippen molar-refractivity contribution in [3.05, 3.63) is 94.1 Å². The lowest BCUT2D eigenvalue weighted by atomic mass is 9.78. The van der Waals surface area contributed by atoms with Crippen molar-refractivity contribution in [3.63, 3.8) is 0 Å². The lowest BCUT2D eigenvalue weighted by Crippen LogP contribution is -2.26. The van der Waals surface area contributed by atoms with Crippen LogP contribution in [0.3, 0.4) is 0 Å². The minimum absolute atomic E-state index is 0.0287. The fourth-order valence-electron chi connectivity index (χ4n) is 4.95. The van der Waals surface area contributed by atoms with Crippen molar-refractivity contribution < 1.29 is 14.3 Å². The van der Waals surface area contributed by atoms with Gasteiger partial charge < -0.3 is 20.1 Å². The fraction of sp³-hybridized carbons (Fsp3) is 0.276. The van der Waals surface area contributed by atoms with E-state index in [1.807, 2.05) is 80.6 Å². The summed E-state index contributed by atoms with van der Waals surface area (Å²) < 4.78 is 11.5. The minimum Gasteiger partial charge on any atom is -0.493 e. The number of carbonyl (C=O) groups is 1. The molecule has 0 bridgehead atoms. The highest BCUT2D eigenvalue weighted by atomic mass is 35.5. The van der Waals surface area contributed by atoms with Gasteiger partial charge in [0.15, 0.2) is 17.3 Å². The van der Waals surface area contributed by atoms with Crippen LogP contribution in [-0.2, 0) is 4.79 Å². The van der Waals surface area contributed by atoms with Gasteiger partial charge in [-0.1, -0.05) is 41.9 Å². The number of nitrogens with one attached hydrogen (secondary N) is 2. The van der Waals surface area contributed by atoms with Crippen LogP contribution in [0.5, 0.6) is 11.5 Å². The van der Waals surface area contributed by atoms with Crippen LogP contribution >= 0.6 is 11.6 Å². The van der Waals surface area contributed by atoms with Gasteiger partial charge in [0.1, 0.15) is 0 Å². The van der Waals surface area contributed by atoms with E-state index < -0.39 is 0 Å². The highest BCUT2D eigenvalue weighted by Crippen LogP contribution is 2.45. The Hall–Kier alpha value is -3.44. The van der Waals surface area contributed by atoms with E-state index >= 15 is 0 Å². The predicted molar refractivity (Wildman–Crippen MR) is 141 cm³/mol. The van der Waals surface area contributed by atoms with E-state index in [1.54, 1.807) is 7.11 Å². The molecule has 5 rings (SSSR count). The van der Waals surface area contributed by atoms with Crippen LogP contribution in [0.1, 0.15) is 49.8 Å². The molecule has 0 aromatic heterocycles. The molecule has 0 saturated carbocycles. The number of hydrogen-bond donors (Lipinski definition) is 2. The van der Waals surface area contributed by atoms with Crippen LogP contribution in [-0.4, -0.2) is 19.0 Å². The molecule has 1 aliphatic carbocycles. The number of para-hydroxylation sites is 2. The zero-order chi connectivity index (χ0) is 24.5. The smallest absolute Gasteiger partial charge is 0.163 e. The maximum atomic E-state index is 13.7. The first-order valence-corrected chi connectivity index (χ1v) is 12.3. The topological polar surface area (TPSA) is 59.6 Å². The number of carbonyl (C=O) groups excluding carboxylic acids is 1. The minimum atomic E-state index is -0.287. The van der Waals surface area contributed by atoms with Crippen molar-refractivity contribution in [2.45, 2.75) is 44.8 Å². The summed E-state index contributed by atoms with van der Waals surface area (Å²) >= 11 is 6.33. The molecule has 180 valence electrons. The van der Waals surface area contributed by atoms with Gasteiger partial charge >= 0.3 is 0 Å². The van der Waals surface area contributed by atoms with E-state index in [1.165, 1.54) is 0 Å². The Kier molecular flexibility index (Phi) is 6.44. The number of rotatable bonds is 5. The normalized spacial score (nSPS) is 19.3. The quantitative estimate of drug-likeness (QED) is 0.400. The Labute approximate surface area is 211 Å². The Morgan fingerprint density at radius 3 is 2.46 bits per heavy atom. The first kappa shape index (κ1) is 23.3. The zero-order valence-corrected chi connectivity index (χ0v) is 20.9. The molecular formula is C29H29ClN2O3. The standard InChI is InChI=1S/C29H29ClN2O3/c1-17(2)35-26-12-11-18(16-27(26)34-3)20-14-24-28(25(33)15-20)29(19-7-6-8-21(30)13-19)32-23-10-5-4-9-22(23)31-24/h4-13,16-17,20,29,31-32H,14-15H2,1-3H3. The summed E-state index contributed by atoms with van der Waals surface area (Å²) in [5.74, 6) is 1.54. The molecule has 2 aliphatic rings. The summed E-state index contributed by atoms with van der Waals surface area (Å²) in [5.41, 5.74) is 5.64. The molecule has 3 aromatic carbocycles. The molecule has 1 heterocycles. The van der Waals surface area contributed by atoms with Gasteiger partial charge in [0.05, 0.1) is 30.6 Å². The van der Waals surface area contributed by atoms with Gasteiger partial charge in [0, 0.05) is 22.7 Å². The molecular weight excluding hydrogens is 460 g/mol. The molecule has 0 fully saturated rings. The molecule has 35 heavy (non-hydrogen) atoms. The fourth-order valence-corrected chi connectivity index (χ4v) is 5.15. The summed E-state index contributed by atoms with van der Waals surface area (Å²) in [6.45, 7) is 3.97. The van der Waals surface area contributed by atoms with Crippen LogP contribution in [0.25, 0.3) is 0 Å². The number of halogens is 1. The number of Topliss-reactive ketones (excluding diaryl/α,β-unsaturated/α-hetero) is 1.